The molecule has 7 heteroatoms. The first-order valence-corrected chi connectivity index (χ1v) is 13.1. The lowest BCUT2D eigenvalue weighted by Crippen LogP contribution is -2.22. The van der Waals surface area contributed by atoms with E-state index in [0.717, 1.165) is 54.3 Å². The minimum atomic E-state index is 0.0437. The van der Waals surface area contributed by atoms with Gasteiger partial charge >= 0.3 is 0 Å². The zero-order chi connectivity index (χ0) is 23.2. The molecule has 2 aromatic carbocycles. The Labute approximate surface area is 204 Å². The molecule has 0 radical (unpaired) electrons. The fourth-order valence-corrected chi connectivity index (χ4v) is 5.94. The third kappa shape index (κ3) is 6.16. The molecule has 0 atom stereocenters. The Morgan fingerprint density at radius 1 is 1.18 bits per heavy atom. The van der Waals surface area contributed by atoms with Gasteiger partial charge in [0.2, 0.25) is 5.91 Å². The van der Waals surface area contributed by atoms with Crippen LogP contribution in [0, 0.1) is 19.8 Å². The molecule has 5 nitrogen and oxygen atoms in total. The highest BCUT2D eigenvalue weighted by Gasteiger charge is 2.19. The van der Waals surface area contributed by atoms with Crippen LogP contribution in [0.2, 0.25) is 0 Å². The monoisotopic (exact) mass is 481 g/mol. The number of aromatic nitrogens is 1. The number of carbonyl (C=O) groups is 1. The first-order chi connectivity index (χ1) is 16.0. The zero-order valence-corrected chi connectivity index (χ0v) is 21.1. The molecule has 0 bridgehead atoms. The van der Waals surface area contributed by atoms with Crippen molar-refractivity contribution >= 4 is 40.0 Å². The molecule has 4 rings (SSSR count). The smallest absolute Gasteiger partial charge is 0.226 e. The second kappa shape index (κ2) is 11.2. The third-order valence-electron chi connectivity index (χ3n) is 5.98. The van der Waals surface area contributed by atoms with E-state index in [4.69, 9.17) is 4.74 Å². The van der Waals surface area contributed by atoms with Crippen LogP contribution in [-0.4, -0.2) is 24.1 Å². The van der Waals surface area contributed by atoms with E-state index in [-0.39, 0.29) is 5.91 Å². The van der Waals surface area contributed by atoms with Crippen molar-refractivity contribution in [3.8, 4) is 10.4 Å². The lowest BCUT2D eigenvalue weighted by Gasteiger charge is -2.20. The van der Waals surface area contributed by atoms with Crippen LogP contribution in [-0.2, 0) is 16.0 Å². The summed E-state index contributed by atoms with van der Waals surface area (Å²) in [7, 11) is 0. The van der Waals surface area contributed by atoms with Gasteiger partial charge in [0.15, 0.2) is 5.13 Å². The first kappa shape index (κ1) is 23.8. The molecule has 1 saturated heterocycles. The van der Waals surface area contributed by atoms with E-state index in [9.17, 15) is 4.79 Å². The van der Waals surface area contributed by atoms with E-state index < -0.39 is 0 Å². The van der Waals surface area contributed by atoms with Crippen molar-refractivity contribution < 1.29 is 9.53 Å². The van der Waals surface area contributed by atoms with Crippen molar-refractivity contribution in [3.05, 3.63) is 59.3 Å². The van der Waals surface area contributed by atoms with Crippen LogP contribution in [0.3, 0.4) is 0 Å². The van der Waals surface area contributed by atoms with Crippen LogP contribution in [0.4, 0.5) is 10.8 Å². The number of ether oxygens (including phenoxy) is 1. The number of nitrogens with zero attached hydrogens (tertiary/aromatic N) is 1. The van der Waals surface area contributed by atoms with Gasteiger partial charge in [0, 0.05) is 30.2 Å². The number of amides is 1. The number of nitrogens with one attached hydrogen (secondary N) is 2. The molecule has 1 aliphatic heterocycles. The number of aryl methyl sites for hydroxylation is 3. The Morgan fingerprint density at radius 3 is 2.73 bits per heavy atom. The highest BCUT2D eigenvalue weighted by molar-refractivity contribution is 8.00. The van der Waals surface area contributed by atoms with Crippen LogP contribution in [0.1, 0.15) is 43.0 Å². The second-order valence-electron chi connectivity index (χ2n) is 8.44. The molecule has 0 aliphatic carbocycles. The van der Waals surface area contributed by atoms with Crippen LogP contribution < -0.4 is 10.0 Å². The highest BCUT2D eigenvalue weighted by Crippen LogP contribution is 2.36. The van der Waals surface area contributed by atoms with Gasteiger partial charge in [-0.05, 0) is 79.8 Å². The molecule has 0 unspecified atom stereocenters. The first-order valence-electron chi connectivity index (χ1n) is 11.5. The summed E-state index contributed by atoms with van der Waals surface area (Å²) in [5.41, 5.74) is 5.71. The number of hydrogen-bond donors (Lipinski definition) is 2. The molecule has 2 N–H and O–H groups in total. The van der Waals surface area contributed by atoms with Gasteiger partial charge in [-0.25, -0.2) is 4.98 Å². The highest BCUT2D eigenvalue weighted by atomic mass is 32.2. The minimum Gasteiger partial charge on any atom is -0.381 e. The number of hydrogen-bond acceptors (Lipinski definition) is 6. The Kier molecular flexibility index (Phi) is 8.06. The minimum absolute atomic E-state index is 0.0437. The molecule has 1 aromatic heterocycles. The van der Waals surface area contributed by atoms with Gasteiger partial charge in [-0.3, -0.25) is 4.79 Å². The van der Waals surface area contributed by atoms with E-state index in [1.165, 1.54) is 16.0 Å². The van der Waals surface area contributed by atoms with Crippen LogP contribution in [0.15, 0.2) is 47.4 Å². The largest absolute Gasteiger partial charge is 0.381 e. The van der Waals surface area contributed by atoms with Gasteiger partial charge < -0.3 is 14.8 Å². The second-order valence-corrected chi connectivity index (χ2v) is 10.3. The molecule has 3 aromatic rings. The van der Waals surface area contributed by atoms with E-state index in [1.54, 1.807) is 23.3 Å². The summed E-state index contributed by atoms with van der Waals surface area (Å²) in [5.74, 6) is 0.448. The average molecular weight is 482 g/mol. The van der Waals surface area contributed by atoms with Crippen molar-refractivity contribution in [2.75, 3.05) is 23.3 Å². The number of para-hydroxylation sites is 1. The number of rotatable bonds is 8. The fourth-order valence-electron chi connectivity index (χ4n) is 3.98. The van der Waals surface area contributed by atoms with Crippen molar-refractivity contribution in [3.63, 3.8) is 0 Å². The summed E-state index contributed by atoms with van der Waals surface area (Å²) in [6.45, 7) is 7.80. The Bertz CT molecular complexity index is 1110. The van der Waals surface area contributed by atoms with Gasteiger partial charge in [-0.2, -0.15) is 0 Å². The summed E-state index contributed by atoms with van der Waals surface area (Å²) >= 11 is 3.19. The maximum atomic E-state index is 12.5. The predicted octanol–water partition coefficient (Wildman–Crippen LogP) is 6.86. The van der Waals surface area contributed by atoms with E-state index in [0.29, 0.717) is 17.5 Å². The molecule has 1 aliphatic rings. The standard InChI is InChI=1S/C26H31N3O2S2/c1-4-20-9-10-21(16-23(20)33-29-22-8-6-5-7-17(22)2)25-18(3)27-26(32-25)28-24(30)15-19-11-13-31-14-12-19/h5-10,16,19,29H,4,11-15H2,1-3H3,(H,27,28,30). The molecule has 0 spiro atoms. The number of thiazole rings is 1. The van der Waals surface area contributed by atoms with Gasteiger partial charge in [0.1, 0.15) is 0 Å². The molecule has 2 heterocycles. The van der Waals surface area contributed by atoms with E-state index >= 15 is 0 Å². The quantitative estimate of drug-likeness (QED) is 0.344. The SMILES string of the molecule is CCc1ccc(-c2sc(NC(=O)CC3CCOCC3)nc2C)cc1SNc1ccccc1C. The summed E-state index contributed by atoms with van der Waals surface area (Å²) in [6, 6.07) is 14.9. The number of benzene rings is 2. The van der Waals surface area contributed by atoms with Crippen molar-refractivity contribution in [1.29, 1.82) is 0 Å². The maximum absolute atomic E-state index is 12.5. The molecular weight excluding hydrogens is 450 g/mol. The molecule has 0 saturated carbocycles. The molecular formula is C26H31N3O2S2. The fraction of sp³-hybridized carbons (Fsp3) is 0.385. The summed E-state index contributed by atoms with van der Waals surface area (Å²) in [5, 5.41) is 3.69. The average Bonchev–Trinajstić information content (AvgIpc) is 3.18. The Morgan fingerprint density at radius 2 is 1.97 bits per heavy atom. The lowest BCUT2D eigenvalue weighted by atomic mass is 9.96. The zero-order valence-electron chi connectivity index (χ0n) is 19.4. The Balaban J connectivity index is 1.48. The molecule has 33 heavy (non-hydrogen) atoms. The van der Waals surface area contributed by atoms with Crippen LogP contribution >= 0.6 is 23.3 Å². The van der Waals surface area contributed by atoms with E-state index in [2.05, 4.69) is 65.3 Å². The van der Waals surface area contributed by atoms with Crippen molar-refractivity contribution in [1.82, 2.24) is 4.98 Å². The molecule has 1 amide bonds. The van der Waals surface area contributed by atoms with E-state index in [1.807, 2.05) is 13.0 Å². The summed E-state index contributed by atoms with van der Waals surface area (Å²) in [6.07, 6.45) is 3.41. The number of carbonyl (C=O) groups excluding carboxylic acids is 1. The van der Waals surface area contributed by atoms with Gasteiger partial charge in [-0.1, -0.05) is 48.6 Å². The van der Waals surface area contributed by atoms with Crippen LogP contribution in [0.5, 0.6) is 0 Å². The van der Waals surface area contributed by atoms with Crippen molar-refractivity contribution in [2.45, 2.75) is 51.3 Å². The summed E-state index contributed by atoms with van der Waals surface area (Å²) in [4.78, 5) is 19.5. The lowest BCUT2D eigenvalue weighted by molar-refractivity contribution is -0.117. The summed E-state index contributed by atoms with van der Waals surface area (Å²) < 4.78 is 8.90. The normalized spacial score (nSPS) is 14.3. The van der Waals surface area contributed by atoms with Crippen molar-refractivity contribution in [2.24, 2.45) is 5.92 Å². The maximum Gasteiger partial charge on any atom is 0.226 e. The van der Waals surface area contributed by atoms with Crippen LogP contribution in [0.25, 0.3) is 10.4 Å². The molecule has 174 valence electrons. The van der Waals surface area contributed by atoms with Gasteiger partial charge in [0.25, 0.3) is 0 Å². The predicted molar refractivity (Wildman–Crippen MR) is 139 cm³/mol. The Hall–Kier alpha value is -2.35. The van der Waals surface area contributed by atoms with Gasteiger partial charge in [0.05, 0.1) is 10.6 Å². The molecule has 1 fully saturated rings. The number of anilines is 2. The van der Waals surface area contributed by atoms with Gasteiger partial charge in [-0.15, -0.1) is 0 Å². The third-order valence-corrected chi connectivity index (χ3v) is 8.03. The topological polar surface area (TPSA) is 63.2 Å².